The minimum absolute atomic E-state index is 0.269. The van der Waals surface area contributed by atoms with E-state index in [-0.39, 0.29) is 11.2 Å². The summed E-state index contributed by atoms with van der Waals surface area (Å²) in [6, 6.07) is 0. The van der Waals surface area contributed by atoms with Gasteiger partial charge in [0.05, 0.1) is 0 Å². The molecule has 16 nitrogen and oxygen atoms in total. The molecular formula is C18H21N5O11. The molecule has 1 fully saturated rings. The van der Waals surface area contributed by atoms with Crippen molar-refractivity contribution in [2.75, 3.05) is 6.61 Å². The predicted molar refractivity (Wildman–Crippen MR) is 106 cm³/mol. The molecule has 0 bridgehead atoms. The van der Waals surface area contributed by atoms with E-state index in [1.807, 2.05) is 4.98 Å². The molecule has 0 amide bonds. The van der Waals surface area contributed by atoms with Crippen molar-refractivity contribution in [3.05, 3.63) is 20.8 Å². The Hall–Kier alpha value is -4.08. The van der Waals surface area contributed by atoms with Crippen LogP contribution in [-0.2, 0) is 42.9 Å². The maximum Gasteiger partial charge on any atom is 0.332 e. The second kappa shape index (κ2) is 9.82. The van der Waals surface area contributed by atoms with E-state index in [0.29, 0.717) is 0 Å². The van der Waals surface area contributed by atoms with Crippen LogP contribution in [-0.4, -0.2) is 79.9 Å². The Bertz CT molecular complexity index is 1230. The third-order valence-electron chi connectivity index (χ3n) is 4.63. The van der Waals surface area contributed by atoms with Crippen LogP contribution in [0.1, 0.15) is 33.9 Å². The van der Waals surface area contributed by atoms with Crippen LogP contribution in [0.25, 0.3) is 11.2 Å². The Morgan fingerprint density at radius 1 is 0.882 bits per heavy atom. The average molecular weight is 483 g/mol. The van der Waals surface area contributed by atoms with Gasteiger partial charge in [0.1, 0.15) is 12.7 Å². The molecule has 1 saturated heterocycles. The quantitative estimate of drug-likeness (QED) is 0.339. The largest absolute Gasteiger partial charge is 0.463 e. The number of ether oxygens (including phenoxy) is 5. The van der Waals surface area contributed by atoms with Gasteiger partial charge < -0.3 is 23.7 Å². The first-order valence-electron chi connectivity index (χ1n) is 9.85. The molecular weight excluding hydrogens is 462 g/mol. The number of hydrogen-bond acceptors (Lipinski definition) is 13. The summed E-state index contributed by atoms with van der Waals surface area (Å²) in [5.74, 6) is -3.21. The van der Waals surface area contributed by atoms with Crippen molar-refractivity contribution in [1.82, 2.24) is 25.0 Å². The lowest BCUT2D eigenvalue weighted by molar-refractivity contribution is -0.268. The Kier molecular flexibility index (Phi) is 7.09. The lowest BCUT2D eigenvalue weighted by Crippen LogP contribution is -2.61. The smallest absolute Gasteiger partial charge is 0.332 e. The van der Waals surface area contributed by atoms with Gasteiger partial charge >= 0.3 is 29.6 Å². The maximum atomic E-state index is 12.8. The van der Waals surface area contributed by atoms with Gasteiger partial charge in [0.15, 0.2) is 35.7 Å². The average Bonchev–Trinajstić information content (AvgIpc) is 3.19. The molecule has 2 aromatic rings. The maximum absolute atomic E-state index is 12.8. The number of carbonyl (C=O) groups is 4. The van der Waals surface area contributed by atoms with Crippen LogP contribution in [0.5, 0.6) is 0 Å². The van der Waals surface area contributed by atoms with Gasteiger partial charge in [-0.2, -0.15) is 5.21 Å². The molecule has 3 heterocycles. The van der Waals surface area contributed by atoms with Crippen molar-refractivity contribution >= 4 is 35.0 Å². The van der Waals surface area contributed by atoms with E-state index < -0.39 is 72.4 Å². The molecule has 0 saturated carbocycles. The highest BCUT2D eigenvalue weighted by molar-refractivity contribution is 5.69. The Balaban J connectivity index is 2.21. The summed E-state index contributed by atoms with van der Waals surface area (Å²) in [5.41, 5.74) is -2.41. The number of aromatic amines is 2. The van der Waals surface area contributed by atoms with Crippen LogP contribution in [0.4, 0.5) is 0 Å². The Morgan fingerprint density at radius 2 is 1.47 bits per heavy atom. The van der Waals surface area contributed by atoms with Gasteiger partial charge in [0.2, 0.25) is 0 Å². The molecule has 2 aromatic heterocycles. The zero-order valence-corrected chi connectivity index (χ0v) is 18.4. The Morgan fingerprint density at radius 3 is 2.06 bits per heavy atom. The molecule has 1 aliphatic rings. The third kappa shape index (κ3) is 5.11. The van der Waals surface area contributed by atoms with Gasteiger partial charge in [-0.3, -0.25) is 29.0 Å². The molecule has 1 aliphatic heterocycles. The lowest BCUT2D eigenvalue weighted by atomic mass is 9.97. The number of H-pyrrole nitrogens is 2. The van der Waals surface area contributed by atoms with Crippen molar-refractivity contribution < 1.29 is 42.9 Å². The molecule has 0 aromatic carbocycles. The third-order valence-corrected chi connectivity index (χ3v) is 4.63. The van der Waals surface area contributed by atoms with E-state index in [9.17, 15) is 28.8 Å². The number of nitrogens with zero attached hydrogens (tertiary/aromatic N) is 3. The molecule has 184 valence electrons. The normalized spacial score (nSPS) is 24.3. The molecule has 34 heavy (non-hydrogen) atoms. The van der Waals surface area contributed by atoms with E-state index >= 15 is 0 Å². The minimum Gasteiger partial charge on any atom is -0.463 e. The van der Waals surface area contributed by atoms with Crippen LogP contribution in [0, 0.1) is 0 Å². The van der Waals surface area contributed by atoms with Crippen LogP contribution in [0.15, 0.2) is 9.59 Å². The molecule has 5 atom stereocenters. The van der Waals surface area contributed by atoms with Crippen LogP contribution >= 0.6 is 0 Å². The van der Waals surface area contributed by atoms with E-state index in [0.717, 1.165) is 32.3 Å². The number of esters is 4. The monoisotopic (exact) mass is 483 g/mol. The number of hydrogen-bond donors (Lipinski definition) is 2. The lowest BCUT2D eigenvalue weighted by Gasteiger charge is -2.44. The Labute approximate surface area is 189 Å². The number of aromatic nitrogens is 5. The van der Waals surface area contributed by atoms with E-state index in [2.05, 4.69) is 15.4 Å². The van der Waals surface area contributed by atoms with E-state index in [4.69, 9.17) is 23.7 Å². The second-order valence-electron chi connectivity index (χ2n) is 7.21. The number of rotatable bonds is 6. The zero-order chi connectivity index (χ0) is 25.2. The standard InChI is InChI=1S/C18H21N5O11/c1-6(24)30-5-10-12(31-7(2)25)13(32-8(3)26)14(33-9(4)27)17(34-10)23-15-11(20-22-21-15)16(28)19-18(23)29/h10,12-14,17H,5H2,1-4H3,(H,19,28,29)(H,20,21,22)/t10-,12-,13-,14-,17-/m1/s1. The van der Waals surface area contributed by atoms with Gasteiger partial charge in [-0.15, -0.1) is 10.2 Å². The summed E-state index contributed by atoms with van der Waals surface area (Å²) in [6.45, 7) is 3.82. The SMILES string of the molecule is CC(=O)OC[C@H]1O[C@@H](n2c(=O)[nH]c(=O)c3n[nH]nc32)[C@H](OC(C)=O)[C@H](OC(C)=O)[C@@H]1OC(C)=O. The molecule has 3 rings (SSSR count). The van der Waals surface area contributed by atoms with Gasteiger partial charge in [-0.1, -0.05) is 0 Å². The predicted octanol–water partition coefficient (Wildman–Crippen LogP) is -1.94. The van der Waals surface area contributed by atoms with Gasteiger partial charge in [-0.05, 0) is 0 Å². The highest BCUT2D eigenvalue weighted by Crippen LogP contribution is 2.34. The number of fused-ring (bicyclic) bond motifs is 1. The van der Waals surface area contributed by atoms with E-state index in [1.54, 1.807) is 0 Å². The van der Waals surface area contributed by atoms with Crippen molar-refractivity contribution in [1.29, 1.82) is 0 Å². The minimum atomic E-state index is -1.59. The van der Waals surface area contributed by atoms with Gasteiger partial charge in [0.25, 0.3) is 5.56 Å². The summed E-state index contributed by atoms with van der Waals surface area (Å²) in [7, 11) is 0. The first-order valence-corrected chi connectivity index (χ1v) is 9.85. The molecule has 2 N–H and O–H groups in total. The van der Waals surface area contributed by atoms with Crippen molar-refractivity contribution in [3.63, 3.8) is 0 Å². The van der Waals surface area contributed by atoms with Crippen LogP contribution < -0.4 is 11.2 Å². The fraction of sp³-hybridized carbons (Fsp3) is 0.556. The first-order chi connectivity index (χ1) is 16.0. The van der Waals surface area contributed by atoms with Crippen LogP contribution in [0.2, 0.25) is 0 Å². The zero-order valence-electron chi connectivity index (χ0n) is 18.4. The molecule has 0 aliphatic carbocycles. The van der Waals surface area contributed by atoms with Crippen molar-refractivity contribution in [2.45, 2.75) is 58.3 Å². The van der Waals surface area contributed by atoms with Crippen LogP contribution in [0.3, 0.4) is 0 Å². The van der Waals surface area contributed by atoms with Crippen molar-refractivity contribution in [2.24, 2.45) is 0 Å². The fourth-order valence-electron chi connectivity index (χ4n) is 3.51. The number of carbonyl (C=O) groups excluding carboxylic acids is 4. The van der Waals surface area contributed by atoms with Crippen molar-refractivity contribution in [3.8, 4) is 0 Å². The summed E-state index contributed by atoms with van der Waals surface area (Å²) >= 11 is 0. The summed E-state index contributed by atoms with van der Waals surface area (Å²) in [5, 5.41) is 9.67. The highest BCUT2D eigenvalue weighted by Gasteiger charge is 2.53. The fourth-order valence-corrected chi connectivity index (χ4v) is 3.51. The number of nitrogens with one attached hydrogen (secondary N) is 2. The summed E-state index contributed by atoms with van der Waals surface area (Å²) < 4.78 is 27.6. The van der Waals surface area contributed by atoms with Gasteiger partial charge in [0, 0.05) is 27.7 Å². The summed E-state index contributed by atoms with van der Waals surface area (Å²) in [4.78, 5) is 73.9. The van der Waals surface area contributed by atoms with Gasteiger partial charge in [-0.25, -0.2) is 9.36 Å². The molecule has 0 spiro atoms. The highest BCUT2D eigenvalue weighted by atomic mass is 16.7. The summed E-state index contributed by atoms with van der Waals surface area (Å²) in [6.07, 6.45) is -7.37. The second-order valence-corrected chi connectivity index (χ2v) is 7.21. The molecule has 16 heteroatoms. The first kappa shape index (κ1) is 24.6. The molecule has 0 unspecified atom stereocenters. The molecule has 0 radical (unpaired) electrons. The topological polar surface area (TPSA) is 211 Å². The van der Waals surface area contributed by atoms with E-state index in [1.165, 1.54) is 0 Å².